The molecule has 1 aromatic carbocycles. The molecule has 0 aliphatic carbocycles. The highest BCUT2D eigenvalue weighted by Crippen LogP contribution is 2.26. The van der Waals surface area contributed by atoms with Crippen LogP contribution < -0.4 is 0 Å². The number of hydrogen-bond acceptors (Lipinski definition) is 5. The number of nitro groups is 1. The highest BCUT2D eigenvalue weighted by Gasteiger charge is 2.24. The lowest BCUT2D eigenvalue weighted by Crippen LogP contribution is -2.23. The van der Waals surface area contributed by atoms with E-state index in [1.165, 1.54) is 38.2 Å². The largest absolute Gasteiger partial charge is 0.280 e. The van der Waals surface area contributed by atoms with Crippen molar-refractivity contribution in [3.8, 4) is 0 Å². The van der Waals surface area contributed by atoms with Gasteiger partial charge in [0.1, 0.15) is 0 Å². The summed E-state index contributed by atoms with van der Waals surface area (Å²) in [4.78, 5) is 10.3. The lowest BCUT2D eigenvalue weighted by atomic mass is 10.2. The van der Waals surface area contributed by atoms with Crippen molar-refractivity contribution >= 4 is 26.6 Å². The Morgan fingerprint density at radius 3 is 2.61 bits per heavy atom. The van der Waals surface area contributed by atoms with Crippen molar-refractivity contribution < 1.29 is 13.3 Å². The fourth-order valence-electron chi connectivity index (χ4n) is 1.57. The van der Waals surface area contributed by atoms with Gasteiger partial charge in [-0.2, -0.15) is 9.19 Å². The minimum atomic E-state index is -3.62. The Kier molecular flexibility index (Phi) is 2.81. The van der Waals surface area contributed by atoms with E-state index in [1.54, 1.807) is 0 Å². The number of nitro benzene ring substituents is 1. The molecule has 0 spiro atoms. The second-order valence-corrected chi connectivity index (χ2v) is 6.37. The second kappa shape index (κ2) is 4.05. The van der Waals surface area contributed by atoms with E-state index < -0.39 is 20.2 Å². The van der Waals surface area contributed by atoms with Crippen molar-refractivity contribution in [2.24, 2.45) is 0 Å². The average Bonchev–Trinajstić information content (AvgIpc) is 2.72. The Morgan fingerprint density at radius 2 is 2.06 bits per heavy atom. The molecule has 0 aliphatic rings. The van der Waals surface area contributed by atoms with Crippen molar-refractivity contribution in [1.82, 2.24) is 9.19 Å². The van der Waals surface area contributed by atoms with Crippen molar-refractivity contribution in [3.63, 3.8) is 0 Å². The third-order valence-corrected chi connectivity index (χ3v) is 4.56. The maximum Gasteiger partial charge on any atom is 0.280 e. The molecule has 0 saturated heterocycles. The van der Waals surface area contributed by atoms with Gasteiger partial charge in [0, 0.05) is 6.07 Å². The molecule has 18 heavy (non-hydrogen) atoms. The maximum atomic E-state index is 12.0. The van der Waals surface area contributed by atoms with Crippen LogP contribution in [0.1, 0.15) is 13.8 Å². The normalized spacial score (nSPS) is 12.2. The molecule has 0 atom stereocenters. The lowest BCUT2D eigenvalue weighted by Gasteiger charge is -2.08. The predicted molar refractivity (Wildman–Crippen MR) is 65.8 cm³/mol. The van der Waals surface area contributed by atoms with E-state index in [1.807, 2.05) is 0 Å². The Hall–Kier alpha value is -1.96. The number of benzene rings is 1. The highest BCUT2D eigenvalue weighted by atomic mass is 32.2. The summed E-state index contributed by atoms with van der Waals surface area (Å²) in [5, 5.41) is 14.1. The predicted octanol–water partition coefficient (Wildman–Crippen LogP) is 1.53. The molecule has 96 valence electrons. The summed E-state index contributed by atoms with van der Waals surface area (Å²) < 4.78 is 24.9. The molecule has 0 fully saturated rings. The van der Waals surface area contributed by atoms with Crippen LogP contribution in [-0.2, 0) is 10.0 Å². The molecule has 2 aromatic rings. The summed E-state index contributed by atoms with van der Waals surface area (Å²) in [5.74, 6) is 0. The van der Waals surface area contributed by atoms with E-state index in [0.717, 1.165) is 4.09 Å². The van der Waals surface area contributed by atoms with E-state index in [9.17, 15) is 18.5 Å². The van der Waals surface area contributed by atoms with Gasteiger partial charge in [0.05, 0.1) is 27.3 Å². The molecule has 0 aliphatic heterocycles. The highest BCUT2D eigenvalue weighted by molar-refractivity contribution is 7.90. The number of rotatable bonds is 3. The van der Waals surface area contributed by atoms with Gasteiger partial charge < -0.3 is 0 Å². The van der Waals surface area contributed by atoms with Gasteiger partial charge in [-0.3, -0.25) is 10.1 Å². The number of fused-ring (bicyclic) bond motifs is 1. The van der Waals surface area contributed by atoms with Crippen molar-refractivity contribution in [2.75, 3.05) is 0 Å². The first-order chi connectivity index (χ1) is 8.35. The van der Waals surface area contributed by atoms with Gasteiger partial charge >= 0.3 is 0 Å². The summed E-state index contributed by atoms with van der Waals surface area (Å²) in [5.41, 5.74) is 0.0654. The molecule has 8 heteroatoms. The minimum absolute atomic E-state index is 0.155. The van der Waals surface area contributed by atoms with Crippen LogP contribution >= 0.6 is 0 Å². The third-order valence-electron chi connectivity index (χ3n) is 2.59. The zero-order chi connectivity index (χ0) is 13.5. The van der Waals surface area contributed by atoms with Gasteiger partial charge in [-0.25, -0.2) is 8.42 Å². The van der Waals surface area contributed by atoms with Crippen LogP contribution in [-0.4, -0.2) is 27.8 Å². The first-order valence-corrected chi connectivity index (χ1v) is 6.71. The SMILES string of the molecule is CC(C)S(=O)(=O)n1ncc2c([N+](=O)[O-])cccc21. The number of nitrogens with zero attached hydrogens (tertiary/aromatic N) is 3. The summed E-state index contributed by atoms with van der Waals surface area (Å²) in [7, 11) is -3.62. The molecule has 0 N–H and O–H groups in total. The molecule has 1 aromatic heterocycles. The molecule has 0 radical (unpaired) electrons. The Balaban J connectivity index is 2.79. The first kappa shape index (κ1) is 12.5. The molecule has 0 bridgehead atoms. The molecule has 7 nitrogen and oxygen atoms in total. The minimum Gasteiger partial charge on any atom is -0.258 e. The molecule has 0 saturated carbocycles. The van der Waals surface area contributed by atoms with Gasteiger partial charge in [-0.1, -0.05) is 6.07 Å². The van der Waals surface area contributed by atoms with Crippen LogP contribution in [0.25, 0.3) is 10.9 Å². The van der Waals surface area contributed by atoms with Crippen LogP contribution in [0.2, 0.25) is 0 Å². The van der Waals surface area contributed by atoms with E-state index in [-0.39, 0.29) is 16.6 Å². The van der Waals surface area contributed by atoms with Gasteiger partial charge in [-0.05, 0) is 19.9 Å². The average molecular weight is 269 g/mol. The van der Waals surface area contributed by atoms with Crippen LogP contribution in [0.4, 0.5) is 5.69 Å². The first-order valence-electron chi connectivity index (χ1n) is 5.21. The zero-order valence-corrected chi connectivity index (χ0v) is 10.6. The lowest BCUT2D eigenvalue weighted by molar-refractivity contribution is -0.383. The molecular weight excluding hydrogens is 258 g/mol. The second-order valence-electron chi connectivity index (χ2n) is 4.05. The summed E-state index contributed by atoms with van der Waals surface area (Å²) in [6, 6.07) is 4.25. The monoisotopic (exact) mass is 269 g/mol. The number of aromatic nitrogens is 2. The quantitative estimate of drug-likeness (QED) is 0.622. The Bertz CT molecular complexity index is 718. The maximum absolute atomic E-state index is 12.0. The molecule has 0 unspecified atom stereocenters. The van der Waals surface area contributed by atoms with Crippen molar-refractivity contribution in [1.29, 1.82) is 0 Å². The summed E-state index contributed by atoms with van der Waals surface area (Å²) in [6.07, 6.45) is 1.20. The summed E-state index contributed by atoms with van der Waals surface area (Å²) >= 11 is 0. The Labute approximate surface area is 103 Å². The smallest absolute Gasteiger partial charge is 0.258 e. The third kappa shape index (κ3) is 1.74. The van der Waals surface area contributed by atoms with Gasteiger partial charge in [-0.15, -0.1) is 0 Å². The fourth-order valence-corrected chi connectivity index (χ4v) is 2.59. The van der Waals surface area contributed by atoms with E-state index in [4.69, 9.17) is 0 Å². The van der Waals surface area contributed by atoms with Crippen LogP contribution in [0.15, 0.2) is 24.4 Å². The van der Waals surface area contributed by atoms with E-state index in [2.05, 4.69) is 5.10 Å². The number of non-ortho nitro benzene ring substituents is 1. The van der Waals surface area contributed by atoms with Gasteiger partial charge in [0.2, 0.25) is 0 Å². The van der Waals surface area contributed by atoms with Crippen LogP contribution in [0.3, 0.4) is 0 Å². The molecule has 2 rings (SSSR count). The Morgan fingerprint density at radius 1 is 1.39 bits per heavy atom. The van der Waals surface area contributed by atoms with Crippen LogP contribution in [0.5, 0.6) is 0 Å². The zero-order valence-electron chi connectivity index (χ0n) is 9.77. The summed E-state index contributed by atoms with van der Waals surface area (Å²) in [6.45, 7) is 3.06. The standard InChI is InChI=1S/C10H11N3O4S/c1-7(2)18(16,17)12-9-4-3-5-10(13(14)15)8(9)6-11-12/h3-7H,1-2H3. The number of hydrogen-bond donors (Lipinski definition) is 0. The molecule has 0 amide bonds. The van der Waals surface area contributed by atoms with E-state index in [0.29, 0.717) is 0 Å². The van der Waals surface area contributed by atoms with Gasteiger partial charge in [0.15, 0.2) is 0 Å². The molecular formula is C10H11N3O4S. The van der Waals surface area contributed by atoms with Crippen molar-refractivity contribution in [2.45, 2.75) is 19.1 Å². The molecule has 1 heterocycles. The van der Waals surface area contributed by atoms with Gasteiger partial charge in [0.25, 0.3) is 15.7 Å². The van der Waals surface area contributed by atoms with Crippen LogP contribution in [0, 0.1) is 10.1 Å². The fraction of sp³-hybridized carbons (Fsp3) is 0.300. The van der Waals surface area contributed by atoms with Crippen molar-refractivity contribution in [3.05, 3.63) is 34.5 Å². The van der Waals surface area contributed by atoms with E-state index >= 15 is 0 Å². The topological polar surface area (TPSA) is 95.1 Å².